The molecule has 2 N–H and O–H groups in total. The average Bonchev–Trinajstić information content (AvgIpc) is 3.02. The van der Waals surface area contributed by atoms with E-state index in [0.717, 1.165) is 43.2 Å². The molecule has 1 aromatic carbocycles. The van der Waals surface area contributed by atoms with Gasteiger partial charge >= 0.3 is 6.03 Å². The molecule has 0 aromatic heterocycles. The van der Waals surface area contributed by atoms with Crippen LogP contribution in [0.1, 0.15) is 50.7 Å². The van der Waals surface area contributed by atoms with E-state index in [1.165, 1.54) is 4.90 Å². The highest BCUT2D eigenvalue weighted by atomic mass is 16.5. The normalized spacial score (nSPS) is 33.4. The first-order valence-corrected chi connectivity index (χ1v) is 9.35. The third-order valence-corrected chi connectivity index (χ3v) is 6.61. The molecule has 1 aromatic rings. The van der Waals surface area contributed by atoms with Crippen LogP contribution in [0.3, 0.4) is 0 Å². The van der Waals surface area contributed by atoms with Crippen LogP contribution in [0.15, 0.2) is 18.2 Å². The Labute approximate surface area is 153 Å². The Hall–Kier alpha value is -2.08. The summed E-state index contributed by atoms with van der Waals surface area (Å²) in [5, 5.41) is 13.1. The lowest BCUT2D eigenvalue weighted by Crippen LogP contribution is -2.57. The highest BCUT2D eigenvalue weighted by Crippen LogP contribution is 2.60. The number of aromatic hydroxyl groups is 1. The van der Waals surface area contributed by atoms with Gasteiger partial charge in [-0.2, -0.15) is 0 Å². The highest BCUT2D eigenvalue weighted by Gasteiger charge is 2.68. The van der Waals surface area contributed by atoms with Crippen LogP contribution in [0, 0.1) is 5.41 Å². The number of phenols is 1. The fraction of sp³-hybridized carbons (Fsp3) is 0.600. The van der Waals surface area contributed by atoms with Gasteiger partial charge in [0.05, 0.1) is 6.10 Å². The van der Waals surface area contributed by atoms with Crippen molar-refractivity contribution in [3.63, 3.8) is 0 Å². The fourth-order valence-corrected chi connectivity index (χ4v) is 5.34. The molecule has 3 amide bonds. The van der Waals surface area contributed by atoms with Crippen molar-refractivity contribution < 1.29 is 19.4 Å². The Morgan fingerprint density at radius 2 is 1.96 bits per heavy atom. The van der Waals surface area contributed by atoms with Crippen molar-refractivity contribution in [3.8, 4) is 5.75 Å². The van der Waals surface area contributed by atoms with E-state index in [2.05, 4.69) is 5.32 Å². The van der Waals surface area contributed by atoms with Gasteiger partial charge in [0.25, 0.3) is 5.91 Å². The van der Waals surface area contributed by atoms with E-state index in [0.29, 0.717) is 0 Å². The molecule has 0 bridgehead atoms. The minimum atomic E-state index is -1.08. The summed E-state index contributed by atoms with van der Waals surface area (Å²) >= 11 is 0. The summed E-state index contributed by atoms with van der Waals surface area (Å²) in [5.41, 5.74) is 0.350. The van der Waals surface area contributed by atoms with E-state index in [-0.39, 0.29) is 35.2 Å². The molecule has 1 aliphatic heterocycles. The first-order valence-electron chi connectivity index (χ1n) is 9.35. The number of phenolic OH excluding ortho intramolecular Hbond substituents is 1. The van der Waals surface area contributed by atoms with Crippen molar-refractivity contribution in [1.82, 2.24) is 10.2 Å². The number of carbonyl (C=O) groups is 2. The van der Waals surface area contributed by atoms with Gasteiger partial charge < -0.3 is 15.2 Å². The maximum atomic E-state index is 13.6. The smallest absolute Gasteiger partial charge is 0.325 e. The van der Waals surface area contributed by atoms with Crippen LogP contribution in [-0.4, -0.2) is 41.2 Å². The first kappa shape index (κ1) is 17.3. The second-order valence-corrected chi connectivity index (χ2v) is 8.18. The van der Waals surface area contributed by atoms with Crippen LogP contribution in [0.4, 0.5) is 4.79 Å². The Kier molecular flexibility index (Phi) is 3.81. The van der Waals surface area contributed by atoms with Crippen LogP contribution >= 0.6 is 0 Å². The summed E-state index contributed by atoms with van der Waals surface area (Å²) < 4.78 is 5.53. The van der Waals surface area contributed by atoms with Crippen molar-refractivity contribution in [2.45, 2.75) is 63.6 Å². The molecular weight excluding hydrogens is 332 g/mol. The van der Waals surface area contributed by atoms with Crippen molar-refractivity contribution in [2.24, 2.45) is 5.41 Å². The van der Waals surface area contributed by atoms with Crippen molar-refractivity contribution >= 4 is 11.9 Å². The zero-order chi connectivity index (χ0) is 18.7. The maximum Gasteiger partial charge on any atom is 0.325 e. The van der Waals surface area contributed by atoms with Gasteiger partial charge in [0.2, 0.25) is 0 Å². The first-order chi connectivity index (χ1) is 12.3. The van der Waals surface area contributed by atoms with Gasteiger partial charge in [-0.05, 0) is 69.2 Å². The summed E-state index contributed by atoms with van der Waals surface area (Å²) in [4.78, 5) is 27.7. The van der Waals surface area contributed by atoms with Crippen molar-refractivity contribution in [1.29, 1.82) is 0 Å². The molecule has 6 heteroatoms. The molecule has 0 radical (unpaired) electrons. The lowest BCUT2D eigenvalue weighted by atomic mass is 9.61. The number of nitrogens with zero attached hydrogens (tertiary/aromatic N) is 1. The average molecular weight is 358 g/mol. The van der Waals surface area contributed by atoms with E-state index in [1.807, 2.05) is 19.9 Å². The summed E-state index contributed by atoms with van der Waals surface area (Å²) in [6, 6.07) is 4.66. The molecule has 3 aliphatic rings. The van der Waals surface area contributed by atoms with Gasteiger partial charge in [0, 0.05) is 18.6 Å². The number of hydrogen-bond acceptors (Lipinski definition) is 4. The summed E-state index contributed by atoms with van der Waals surface area (Å²) in [6.45, 7) is 3.70. The zero-order valence-electron chi connectivity index (χ0n) is 15.5. The Bertz CT molecular complexity index is 767. The molecule has 140 valence electrons. The molecule has 1 saturated heterocycles. The van der Waals surface area contributed by atoms with Gasteiger partial charge in [0.15, 0.2) is 5.54 Å². The molecule has 2 spiro atoms. The molecular formula is C20H26N2O4. The molecule has 1 atom stereocenters. The van der Waals surface area contributed by atoms with E-state index < -0.39 is 5.54 Å². The molecule has 2 fully saturated rings. The number of methoxy groups -OCH3 is 1. The predicted octanol–water partition coefficient (Wildman–Crippen LogP) is 2.68. The largest absolute Gasteiger partial charge is 0.508 e. The van der Waals surface area contributed by atoms with Gasteiger partial charge in [-0.15, -0.1) is 0 Å². The van der Waals surface area contributed by atoms with Crippen LogP contribution in [0.5, 0.6) is 5.75 Å². The number of ether oxygens (including phenoxy) is 1. The van der Waals surface area contributed by atoms with Crippen LogP contribution in [0.25, 0.3) is 0 Å². The number of carbonyl (C=O) groups excluding carboxylic acids is 2. The number of urea groups is 1. The minimum Gasteiger partial charge on any atom is -0.508 e. The topological polar surface area (TPSA) is 78.9 Å². The fourth-order valence-electron chi connectivity index (χ4n) is 5.34. The third-order valence-electron chi connectivity index (χ3n) is 6.61. The molecule has 1 saturated carbocycles. The van der Waals surface area contributed by atoms with E-state index in [1.54, 1.807) is 19.2 Å². The Balaban J connectivity index is 1.87. The minimum absolute atomic E-state index is 0.121. The van der Waals surface area contributed by atoms with Crippen LogP contribution < -0.4 is 5.32 Å². The van der Waals surface area contributed by atoms with Gasteiger partial charge in [0.1, 0.15) is 5.75 Å². The lowest BCUT2D eigenvalue weighted by Gasteiger charge is -2.46. The third kappa shape index (κ3) is 2.08. The van der Waals surface area contributed by atoms with Gasteiger partial charge in [-0.25, -0.2) is 4.79 Å². The number of nitrogens with one attached hydrogen (secondary N) is 1. The van der Waals surface area contributed by atoms with Crippen molar-refractivity contribution in [2.75, 3.05) is 7.11 Å². The number of amides is 3. The van der Waals surface area contributed by atoms with E-state index in [9.17, 15) is 14.7 Å². The second kappa shape index (κ2) is 5.71. The number of rotatable bonds is 2. The molecule has 4 rings (SSSR count). The van der Waals surface area contributed by atoms with Crippen molar-refractivity contribution in [3.05, 3.63) is 29.3 Å². The number of fused-ring (bicyclic) bond motifs is 3. The number of benzene rings is 1. The SMILES string of the molecule is COC1CCC2(CC1)Cc1ccc(O)cc1C21NC(=O)N(C(C)C)C1=O. The van der Waals surface area contributed by atoms with Gasteiger partial charge in [-0.1, -0.05) is 6.07 Å². The maximum absolute atomic E-state index is 13.6. The van der Waals surface area contributed by atoms with Crippen LogP contribution in [-0.2, 0) is 21.5 Å². The standard InChI is InChI=1S/C20H26N2O4/c1-12(2)22-17(24)20(21-18(22)25)16-10-14(23)5-4-13(16)11-19(20)8-6-15(26-3)7-9-19/h4-5,10,12,15,23H,6-9,11H2,1-3H3,(H,21,25). The summed E-state index contributed by atoms with van der Waals surface area (Å²) in [5.74, 6) is -0.0616. The number of hydrogen-bond donors (Lipinski definition) is 2. The molecule has 1 unspecified atom stereocenters. The predicted molar refractivity (Wildman–Crippen MR) is 95.7 cm³/mol. The lowest BCUT2D eigenvalue weighted by molar-refractivity contribution is -0.139. The van der Waals surface area contributed by atoms with E-state index in [4.69, 9.17) is 4.74 Å². The second-order valence-electron chi connectivity index (χ2n) is 8.18. The quantitative estimate of drug-likeness (QED) is 0.797. The molecule has 1 heterocycles. The monoisotopic (exact) mass is 358 g/mol. The van der Waals surface area contributed by atoms with E-state index >= 15 is 0 Å². The summed E-state index contributed by atoms with van der Waals surface area (Å²) in [6.07, 6.45) is 4.27. The Morgan fingerprint density at radius 3 is 2.54 bits per heavy atom. The molecule has 26 heavy (non-hydrogen) atoms. The highest BCUT2D eigenvalue weighted by molar-refractivity contribution is 6.09. The number of imide groups is 1. The molecule has 6 nitrogen and oxygen atoms in total. The molecule has 2 aliphatic carbocycles. The zero-order valence-corrected chi connectivity index (χ0v) is 15.5. The Morgan fingerprint density at radius 1 is 1.27 bits per heavy atom. The van der Waals surface area contributed by atoms with Gasteiger partial charge in [-0.3, -0.25) is 9.69 Å². The summed E-state index contributed by atoms with van der Waals surface area (Å²) in [7, 11) is 1.73. The van der Waals surface area contributed by atoms with Crippen LogP contribution in [0.2, 0.25) is 0 Å².